The number of fused-ring (bicyclic) bond motifs is 1. The second-order valence-corrected chi connectivity index (χ2v) is 8.59. The lowest BCUT2D eigenvalue weighted by molar-refractivity contribution is -0.116. The van der Waals surface area contributed by atoms with Gasteiger partial charge in [0.2, 0.25) is 5.91 Å². The maximum absolute atomic E-state index is 13.3. The van der Waals surface area contributed by atoms with E-state index in [1.54, 1.807) is 18.9 Å². The summed E-state index contributed by atoms with van der Waals surface area (Å²) in [5, 5.41) is 3.84. The Morgan fingerprint density at radius 2 is 1.72 bits per heavy atom. The molecule has 2 atom stereocenters. The maximum atomic E-state index is 13.3. The number of hydrogen-bond donors (Lipinski definition) is 2. The number of aryl methyl sites for hydroxylation is 3. The number of anilines is 1. The highest BCUT2D eigenvalue weighted by Crippen LogP contribution is 2.39. The van der Waals surface area contributed by atoms with Gasteiger partial charge in [0.05, 0.1) is 18.2 Å². The third-order valence-electron chi connectivity index (χ3n) is 5.08. The number of methoxy groups -OCH3 is 1. The Hall–Kier alpha value is -2.86. The maximum Gasteiger partial charge on any atom is 0.240 e. The van der Waals surface area contributed by atoms with Crippen molar-refractivity contribution in [2.75, 3.05) is 17.9 Å². The van der Waals surface area contributed by atoms with Crippen LogP contribution in [0.1, 0.15) is 28.4 Å². The van der Waals surface area contributed by atoms with Crippen LogP contribution < -0.4 is 15.5 Å². The third kappa shape index (κ3) is 3.98. The second-order valence-electron chi connectivity index (χ2n) is 7.43. The van der Waals surface area contributed by atoms with Crippen molar-refractivity contribution in [3.05, 3.63) is 77.0 Å². The second kappa shape index (κ2) is 7.87. The molecule has 3 aromatic rings. The number of aromatic nitrogens is 1. The molecule has 0 fully saturated rings. The van der Waals surface area contributed by atoms with E-state index in [-0.39, 0.29) is 17.2 Å². The molecule has 0 spiro atoms. The van der Waals surface area contributed by atoms with Crippen LogP contribution in [0, 0.1) is 20.8 Å². The molecular formula is C23H25N3O2S. The van der Waals surface area contributed by atoms with Gasteiger partial charge < -0.3 is 15.5 Å². The molecule has 5 nitrogen and oxygen atoms in total. The van der Waals surface area contributed by atoms with Crippen molar-refractivity contribution in [2.24, 2.45) is 0 Å². The van der Waals surface area contributed by atoms with Crippen LogP contribution in [0.15, 0.2) is 59.6 Å². The number of benzene rings is 2. The highest BCUT2D eigenvalue weighted by atomic mass is 32.2. The first-order valence-corrected chi connectivity index (χ1v) is 10.5. The van der Waals surface area contributed by atoms with E-state index in [0.717, 1.165) is 38.8 Å². The summed E-state index contributed by atoms with van der Waals surface area (Å²) in [7, 11) is 1.65. The average Bonchev–Trinajstić information content (AvgIpc) is 3.06. The van der Waals surface area contributed by atoms with Crippen molar-refractivity contribution in [1.29, 1.82) is 0 Å². The molecule has 4 rings (SSSR count). The molecule has 0 unspecified atom stereocenters. The summed E-state index contributed by atoms with van der Waals surface area (Å²) < 4.78 is 7.34. The van der Waals surface area contributed by atoms with Gasteiger partial charge in [-0.2, -0.15) is 0 Å². The number of carbonyl (C=O) groups excluding carboxylic acids is 1. The number of rotatable bonds is 4. The fourth-order valence-corrected chi connectivity index (χ4v) is 4.93. The summed E-state index contributed by atoms with van der Waals surface area (Å²) >= 11 is 1.58. The van der Waals surface area contributed by atoms with Gasteiger partial charge in [-0.25, -0.2) is 0 Å². The molecule has 0 saturated heterocycles. The van der Waals surface area contributed by atoms with Gasteiger partial charge >= 0.3 is 0 Å². The van der Waals surface area contributed by atoms with Gasteiger partial charge in [-0.1, -0.05) is 30.0 Å². The van der Waals surface area contributed by atoms with Crippen LogP contribution in [0.5, 0.6) is 5.75 Å². The first-order valence-electron chi connectivity index (χ1n) is 9.59. The van der Waals surface area contributed by atoms with Gasteiger partial charge in [0.1, 0.15) is 11.0 Å². The molecule has 2 aromatic carbocycles. The van der Waals surface area contributed by atoms with Gasteiger partial charge in [0, 0.05) is 11.4 Å². The van der Waals surface area contributed by atoms with Crippen LogP contribution in [-0.4, -0.2) is 22.9 Å². The van der Waals surface area contributed by atoms with Gasteiger partial charge in [0.15, 0.2) is 0 Å². The van der Waals surface area contributed by atoms with Gasteiger partial charge in [-0.05, 0) is 73.9 Å². The number of ether oxygens (including phenoxy) is 1. The van der Waals surface area contributed by atoms with Crippen LogP contribution in [0.3, 0.4) is 0 Å². The first-order chi connectivity index (χ1) is 13.9. The topological polar surface area (TPSA) is 55.3 Å². The number of thioether (sulfide) groups is 1. The standard InChI is InChI=1S/C23H25N3O2S/c1-14-11-15(2)13-18(12-14)24-23(27)22-21(17-6-8-19(28-4)9-7-17)25-26-16(3)5-10-20(26)29-22/h5-13,21-22,25H,1-4H3,(H,24,27)/t21-,22+/m1/s1. The van der Waals surface area contributed by atoms with E-state index in [9.17, 15) is 4.79 Å². The quantitative estimate of drug-likeness (QED) is 0.651. The van der Waals surface area contributed by atoms with Crippen molar-refractivity contribution in [1.82, 2.24) is 4.68 Å². The molecule has 0 bridgehead atoms. The van der Waals surface area contributed by atoms with E-state index >= 15 is 0 Å². The van der Waals surface area contributed by atoms with Crippen LogP contribution in [0.4, 0.5) is 5.69 Å². The fourth-order valence-electron chi connectivity index (χ4n) is 3.70. The highest BCUT2D eigenvalue weighted by molar-refractivity contribution is 8.00. The molecule has 29 heavy (non-hydrogen) atoms. The zero-order chi connectivity index (χ0) is 20.5. The molecule has 1 aromatic heterocycles. The Morgan fingerprint density at radius 1 is 1.03 bits per heavy atom. The van der Waals surface area contributed by atoms with Crippen molar-refractivity contribution in [2.45, 2.75) is 37.1 Å². The van der Waals surface area contributed by atoms with Crippen molar-refractivity contribution >= 4 is 23.4 Å². The molecule has 6 heteroatoms. The minimum absolute atomic E-state index is 0.0154. The lowest BCUT2D eigenvalue weighted by atomic mass is 10.0. The van der Waals surface area contributed by atoms with E-state index in [1.807, 2.05) is 56.3 Å². The van der Waals surface area contributed by atoms with Crippen LogP contribution in [-0.2, 0) is 4.79 Å². The van der Waals surface area contributed by atoms with E-state index < -0.39 is 0 Å². The smallest absolute Gasteiger partial charge is 0.240 e. The molecular weight excluding hydrogens is 382 g/mol. The molecule has 1 aliphatic rings. The first kappa shape index (κ1) is 19.5. The summed E-state index contributed by atoms with van der Waals surface area (Å²) in [6.45, 7) is 6.13. The molecule has 0 aliphatic carbocycles. The minimum atomic E-state index is -0.314. The summed E-state index contributed by atoms with van der Waals surface area (Å²) in [6, 6.07) is 17.9. The summed E-state index contributed by atoms with van der Waals surface area (Å²) in [4.78, 5) is 13.3. The fraction of sp³-hybridized carbons (Fsp3) is 0.261. The van der Waals surface area contributed by atoms with Crippen LogP contribution >= 0.6 is 11.8 Å². The molecule has 0 saturated carbocycles. The van der Waals surface area contributed by atoms with E-state index in [1.165, 1.54) is 0 Å². The van der Waals surface area contributed by atoms with Crippen molar-refractivity contribution in [3.8, 4) is 5.75 Å². The number of hydrogen-bond acceptors (Lipinski definition) is 4. The molecule has 1 aliphatic heterocycles. The normalized spacial score (nSPS) is 17.9. The zero-order valence-corrected chi connectivity index (χ0v) is 17.8. The van der Waals surface area contributed by atoms with E-state index in [2.05, 4.69) is 34.5 Å². The lowest BCUT2D eigenvalue weighted by Crippen LogP contribution is -2.41. The molecule has 2 N–H and O–H groups in total. The predicted molar refractivity (Wildman–Crippen MR) is 118 cm³/mol. The summed E-state index contributed by atoms with van der Waals surface area (Å²) in [5.74, 6) is 0.782. The molecule has 150 valence electrons. The number of carbonyl (C=O) groups is 1. The molecule has 0 radical (unpaired) electrons. The van der Waals surface area contributed by atoms with Crippen molar-refractivity contribution in [3.63, 3.8) is 0 Å². The van der Waals surface area contributed by atoms with Gasteiger partial charge in [-0.3, -0.25) is 9.47 Å². The summed E-state index contributed by atoms with van der Waals surface area (Å²) in [5.41, 5.74) is 8.78. The Balaban J connectivity index is 1.66. The largest absolute Gasteiger partial charge is 0.497 e. The number of amides is 1. The molecule has 1 amide bonds. The third-order valence-corrected chi connectivity index (χ3v) is 6.38. The number of nitrogens with zero attached hydrogens (tertiary/aromatic N) is 1. The van der Waals surface area contributed by atoms with E-state index in [0.29, 0.717) is 0 Å². The Bertz CT molecular complexity index is 1020. The van der Waals surface area contributed by atoms with Crippen LogP contribution in [0.2, 0.25) is 0 Å². The minimum Gasteiger partial charge on any atom is -0.497 e. The SMILES string of the molecule is COc1ccc([C@H]2Nn3c(C)ccc3S[C@@H]2C(=O)Nc2cc(C)cc(C)c2)cc1. The predicted octanol–water partition coefficient (Wildman–Crippen LogP) is 4.82. The summed E-state index contributed by atoms with van der Waals surface area (Å²) in [6.07, 6.45) is 0. The van der Waals surface area contributed by atoms with Gasteiger partial charge in [-0.15, -0.1) is 0 Å². The Morgan fingerprint density at radius 3 is 2.38 bits per heavy atom. The van der Waals surface area contributed by atoms with Crippen LogP contribution in [0.25, 0.3) is 0 Å². The van der Waals surface area contributed by atoms with Gasteiger partial charge in [0.25, 0.3) is 0 Å². The Kier molecular flexibility index (Phi) is 5.28. The number of nitrogens with one attached hydrogen (secondary N) is 2. The lowest BCUT2D eigenvalue weighted by Gasteiger charge is -2.34. The van der Waals surface area contributed by atoms with Crippen molar-refractivity contribution < 1.29 is 9.53 Å². The monoisotopic (exact) mass is 407 g/mol. The zero-order valence-electron chi connectivity index (χ0n) is 17.0. The highest BCUT2D eigenvalue weighted by Gasteiger charge is 2.36. The Labute approximate surface area is 175 Å². The van der Waals surface area contributed by atoms with E-state index in [4.69, 9.17) is 4.74 Å². The molecule has 2 heterocycles. The average molecular weight is 408 g/mol.